The van der Waals surface area contributed by atoms with Crippen LogP contribution in [0, 0.1) is 0 Å². The normalized spacial score (nSPS) is 21.5. The van der Waals surface area contributed by atoms with Crippen molar-refractivity contribution in [1.82, 2.24) is 10.2 Å². The van der Waals surface area contributed by atoms with Gasteiger partial charge in [-0.15, -0.1) is 11.8 Å². The first kappa shape index (κ1) is 25.9. The third kappa shape index (κ3) is 5.04. The molecule has 0 spiro atoms. The van der Waals surface area contributed by atoms with E-state index in [2.05, 4.69) is 5.32 Å². The van der Waals surface area contributed by atoms with Crippen molar-refractivity contribution in [2.24, 2.45) is 0 Å². The van der Waals surface area contributed by atoms with E-state index in [9.17, 15) is 24.3 Å². The number of fused-ring (bicyclic) bond motifs is 1. The summed E-state index contributed by atoms with van der Waals surface area (Å²) in [5, 5.41) is 20.1. The highest BCUT2D eigenvalue weighted by Crippen LogP contribution is 2.50. The van der Waals surface area contributed by atoms with Gasteiger partial charge in [0.15, 0.2) is 0 Å². The first-order valence-corrected chi connectivity index (χ1v) is 11.4. The lowest BCUT2D eigenvalue weighted by molar-refractivity contribution is -0.159. The maximum Gasteiger partial charge on any atom is 0.335 e. The van der Waals surface area contributed by atoms with Crippen molar-refractivity contribution >= 4 is 35.5 Å². The Morgan fingerprint density at radius 2 is 1.54 bits per heavy atom. The predicted octanol–water partition coefficient (Wildman–Crippen LogP) is 2.33. The van der Waals surface area contributed by atoms with Crippen LogP contribution in [0.4, 0.5) is 0 Å². The Kier molecular flexibility index (Phi) is 7.59. The van der Waals surface area contributed by atoms with Gasteiger partial charge in [0, 0.05) is 4.75 Å². The number of benzene rings is 2. The summed E-state index contributed by atoms with van der Waals surface area (Å²) in [6.45, 7) is 3.56. The molecule has 2 aromatic rings. The molecule has 11 heteroatoms. The maximum absolute atomic E-state index is 12.8. The van der Waals surface area contributed by atoms with Crippen molar-refractivity contribution in [3.8, 4) is 11.5 Å². The number of methoxy groups -OCH3 is 2. The van der Waals surface area contributed by atoms with Crippen LogP contribution in [0.25, 0.3) is 0 Å². The van der Waals surface area contributed by atoms with Crippen molar-refractivity contribution in [3.63, 3.8) is 0 Å². The van der Waals surface area contributed by atoms with E-state index in [0.29, 0.717) is 17.1 Å². The molecule has 0 saturated carbocycles. The Morgan fingerprint density at radius 3 is 2.00 bits per heavy atom. The number of rotatable bonds is 6. The quantitative estimate of drug-likeness (QED) is 0.507. The first-order chi connectivity index (χ1) is 16.5. The van der Waals surface area contributed by atoms with Crippen LogP contribution in [0.2, 0.25) is 0 Å². The van der Waals surface area contributed by atoms with E-state index in [1.807, 2.05) is 0 Å². The van der Waals surface area contributed by atoms with Gasteiger partial charge in [-0.1, -0.05) is 24.3 Å². The number of aromatic carboxylic acids is 1. The molecule has 0 aliphatic carbocycles. The Labute approximate surface area is 206 Å². The summed E-state index contributed by atoms with van der Waals surface area (Å²) in [6.07, 6.45) is 0. The Balaban J connectivity index is 0.000000320. The molecule has 0 bridgehead atoms. The molecule has 0 radical (unpaired) electrons. The van der Waals surface area contributed by atoms with Crippen LogP contribution < -0.4 is 14.8 Å². The number of ether oxygens (including phenoxy) is 2. The molecule has 0 aromatic heterocycles. The number of nitrogens with one attached hydrogen (secondary N) is 1. The third-order valence-corrected chi connectivity index (χ3v) is 7.21. The van der Waals surface area contributed by atoms with E-state index >= 15 is 0 Å². The van der Waals surface area contributed by atoms with Crippen LogP contribution in [0.5, 0.6) is 11.5 Å². The molecular formula is C24H26N2O8S. The van der Waals surface area contributed by atoms with Gasteiger partial charge in [-0.25, -0.2) is 9.59 Å². The van der Waals surface area contributed by atoms with Crippen LogP contribution in [-0.4, -0.2) is 75.3 Å². The van der Waals surface area contributed by atoms with E-state index in [1.165, 1.54) is 30.9 Å². The number of hydrogen-bond acceptors (Lipinski definition) is 7. The number of aliphatic carboxylic acids is 1. The van der Waals surface area contributed by atoms with Gasteiger partial charge in [0.25, 0.3) is 5.91 Å². The van der Waals surface area contributed by atoms with Gasteiger partial charge in [0.05, 0.1) is 19.8 Å². The van der Waals surface area contributed by atoms with Crippen molar-refractivity contribution in [3.05, 3.63) is 59.7 Å². The third-order valence-electron chi connectivity index (χ3n) is 5.64. The molecule has 2 fully saturated rings. The Hall–Kier alpha value is -3.73. The van der Waals surface area contributed by atoms with Crippen molar-refractivity contribution in [2.75, 3.05) is 14.2 Å². The average molecular weight is 503 g/mol. The van der Waals surface area contributed by atoms with Crippen LogP contribution >= 0.6 is 11.8 Å². The second kappa shape index (κ2) is 10.3. The molecule has 3 atom stereocenters. The van der Waals surface area contributed by atoms with E-state index in [1.54, 1.807) is 62.4 Å². The average Bonchev–Trinajstić information content (AvgIpc) is 3.10. The van der Waals surface area contributed by atoms with Gasteiger partial charge < -0.3 is 29.9 Å². The monoisotopic (exact) mass is 502 g/mol. The van der Waals surface area contributed by atoms with Gasteiger partial charge in [0.2, 0.25) is 5.91 Å². The summed E-state index contributed by atoms with van der Waals surface area (Å²) in [7, 11) is 2.88. The second-order valence-electron chi connectivity index (χ2n) is 8.26. The fourth-order valence-electron chi connectivity index (χ4n) is 4.01. The molecule has 2 aliphatic rings. The second-order valence-corrected chi connectivity index (χ2v) is 10.0. The molecule has 2 saturated heterocycles. The Morgan fingerprint density at radius 1 is 0.971 bits per heavy atom. The maximum atomic E-state index is 12.8. The van der Waals surface area contributed by atoms with E-state index in [0.717, 1.165) is 0 Å². The summed E-state index contributed by atoms with van der Waals surface area (Å²) in [5.41, 5.74) is 0.526. The molecule has 2 amide bonds. The topological polar surface area (TPSA) is 142 Å². The van der Waals surface area contributed by atoms with E-state index in [4.69, 9.17) is 14.6 Å². The highest BCUT2D eigenvalue weighted by atomic mass is 32.2. The molecular weight excluding hydrogens is 476 g/mol. The largest absolute Gasteiger partial charge is 0.496 e. The summed E-state index contributed by atoms with van der Waals surface area (Å²) < 4.78 is 9.79. The molecule has 0 unspecified atom stereocenters. The summed E-state index contributed by atoms with van der Waals surface area (Å²) in [5.74, 6) is -2.18. The zero-order valence-electron chi connectivity index (χ0n) is 19.6. The van der Waals surface area contributed by atoms with Crippen molar-refractivity contribution in [1.29, 1.82) is 0 Å². The summed E-state index contributed by atoms with van der Waals surface area (Å²) >= 11 is 1.37. The number of amides is 2. The molecule has 10 nitrogen and oxygen atoms in total. The van der Waals surface area contributed by atoms with E-state index in [-0.39, 0.29) is 5.56 Å². The van der Waals surface area contributed by atoms with Gasteiger partial charge in [0.1, 0.15) is 34.5 Å². The molecule has 2 aromatic carbocycles. The lowest BCUT2D eigenvalue weighted by Gasteiger charge is -2.43. The number of carboxylic acid groups (broad SMARTS) is 2. The lowest BCUT2D eigenvalue weighted by Crippen LogP contribution is -2.70. The number of carbonyl (C=O) groups excluding carboxylic acids is 2. The molecule has 2 heterocycles. The molecule has 186 valence electrons. The molecule has 4 rings (SSSR count). The van der Waals surface area contributed by atoms with Crippen LogP contribution in [0.1, 0.15) is 34.6 Å². The predicted molar refractivity (Wildman–Crippen MR) is 128 cm³/mol. The minimum atomic E-state index is -1.05. The zero-order chi connectivity index (χ0) is 25.9. The number of carbonyl (C=O) groups is 4. The number of hydrogen-bond donors (Lipinski definition) is 3. The summed E-state index contributed by atoms with van der Waals surface area (Å²) in [4.78, 5) is 48.3. The lowest BCUT2D eigenvalue weighted by atomic mass is 9.96. The van der Waals surface area contributed by atoms with E-state index < -0.39 is 46.0 Å². The van der Waals surface area contributed by atoms with Gasteiger partial charge in [-0.05, 0) is 38.1 Å². The molecule has 3 N–H and O–H groups in total. The van der Waals surface area contributed by atoms with Crippen LogP contribution in [0.15, 0.2) is 48.5 Å². The zero-order valence-corrected chi connectivity index (χ0v) is 20.4. The van der Waals surface area contributed by atoms with Gasteiger partial charge in [-0.2, -0.15) is 0 Å². The number of thioether (sulfide) groups is 1. The number of β-lactam (4-membered cyclic amide) rings is 1. The fraction of sp³-hybridized carbons (Fsp3) is 0.333. The smallest absolute Gasteiger partial charge is 0.335 e. The van der Waals surface area contributed by atoms with Crippen molar-refractivity contribution < 1.29 is 38.9 Å². The number of nitrogens with zero attached hydrogens (tertiary/aromatic N) is 1. The first-order valence-electron chi connectivity index (χ1n) is 10.6. The highest BCUT2D eigenvalue weighted by Gasteiger charge is 2.64. The van der Waals surface area contributed by atoms with Crippen LogP contribution in [0.3, 0.4) is 0 Å². The highest BCUT2D eigenvalue weighted by molar-refractivity contribution is 8.01. The number of carboxylic acids is 2. The Bertz CT molecular complexity index is 1120. The minimum absolute atomic E-state index is 0.195. The standard InChI is InChI=1S/C17H20N2O6S.C7H6O2/c1-17(2)12(16(22)23)19-14(21)11(15(19)26-17)18-13(20)10-8(24-3)6-5-7-9(10)25-4;8-7(9)6-4-2-1-3-5-6/h5-7,11-12,15H,1-4H3,(H,18,20)(H,22,23);1-5H,(H,8,9)/t11-,12+,15-;/m1./s1. The van der Waals surface area contributed by atoms with Crippen LogP contribution in [-0.2, 0) is 9.59 Å². The van der Waals surface area contributed by atoms with Gasteiger partial charge in [-0.3, -0.25) is 9.59 Å². The minimum Gasteiger partial charge on any atom is -0.496 e. The van der Waals surface area contributed by atoms with Gasteiger partial charge >= 0.3 is 11.9 Å². The van der Waals surface area contributed by atoms with Crippen molar-refractivity contribution in [2.45, 2.75) is 36.1 Å². The fourth-order valence-corrected chi connectivity index (χ4v) is 5.64. The SMILES string of the molecule is COc1cccc(OC)c1C(=O)N[C@@H]1C(=O)N2[C@@H]1SC(C)(C)[C@@H]2C(=O)O.O=C(O)c1ccccc1. The summed E-state index contributed by atoms with van der Waals surface area (Å²) in [6, 6.07) is 11.5. The molecule has 35 heavy (non-hydrogen) atoms. The molecule has 2 aliphatic heterocycles.